The largest absolute Gasteiger partial charge is 0.389 e. The first kappa shape index (κ1) is 16.0. The molecule has 1 aromatic rings. The molecule has 1 aromatic carbocycles. The van der Waals surface area contributed by atoms with Gasteiger partial charge in [0.1, 0.15) is 4.99 Å². The van der Waals surface area contributed by atoms with Gasteiger partial charge in [-0.15, -0.1) is 0 Å². The Morgan fingerprint density at radius 3 is 2.71 bits per heavy atom. The van der Waals surface area contributed by atoms with Crippen LogP contribution in [0.2, 0.25) is 5.02 Å². The lowest BCUT2D eigenvalue weighted by Crippen LogP contribution is -2.39. The van der Waals surface area contributed by atoms with E-state index in [1.54, 1.807) is 6.92 Å². The molecule has 0 saturated carbocycles. The van der Waals surface area contributed by atoms with Gasteiger partial charge in [0.2, 0.25) is 5.91 Å². The first-order valence-electron chi connectivity index (χ1n) is 7.06. The quantitative estimate of drug-likeness (QED) is 0.834. The summed E-state index contributed by atoms with van der Waals surface area (Å²) in [5.41, 5.74) is 7.57. The number of carbonyl (C=O) groups excluding carboxylic acids is 1. The number of piperidine rings is 1. The van der Waals surface area contributed by atoms with E-state index in [9.17, 15) is 4.79 Å². The molecule has 1 aliphatic heterocycles. The smallest absolute Gasteiger partial charge is 0.216 e. The molecule has 1 aliphatic rings. The monoisotopic (exact) mass is 325 g/mol. The number of benzene rings is 1. The van der Waals surface area contributed by atoms with Crippen molar-refractivity contribution in [2.45, 2.75) is 19.8 Å². The highest BCUT2D eigenvalue weighted by Crippen LogP contribution is 2.30. The van der Waals surface area contributed by atoms with Gasteiger partial charge in [-0.25, -0.2) is 0 Å². The minimum atomic E-state index is 0.0306. The Hall–Kier alpha value is -1.33. The Morgan fingerprint density at radius 2 is 2.14 bits per heavy atom. The van der Waals surface area contributed by atoms with Crippen LogP contribution in [0, 0.1) is 5.92 Å². The van der Waals surface area contributed by atoms with E-state index in [0.717, 1.165) is 43.7 Å². The standard InChI is InChI=1S/C15H20ClN3OS/c1-10(20)18-9-11-5-7-19(8-6-11)13-4-2-3-12(16)14(13)15(17)21/h2-4,11H,5-9H2,1H3,(H2,17,21)(H,18,20). The Kier molecular flexibility index (Phi) is 5.42. The topological polar surface area (TPSA) is 58.4 Å². The molecule has 0 bridgehead atoms. The van der Waals surface area contributed by atoms with Gasteiger partial charge in [-0.2, -0.15) is 0 Å². The van der Waals surface area contributed by atoms with Gasteiger partial charge in [-0.1, -0.05) is 29.9 Å². The van der Waals surface area contributed by atoms with Crippen molar-refractivity contribution in [2.75, 3.05) is 24.5 Å². The average molecular weight is 326 g/mol. The van der Waals surface area contributed by atoms with Crippen LogP contribution in [0.3, 0.4) is 0 Å². The number of nitrogens with two attached hydrogens (primary N) is 1. The van der Waals surface area contributed by atoms with Gasteiger partial charge in [0.15, 0.2) is 0 Å². The summed E-state index contributed by atoms with van der Waals surface area (Å²) < 4.78 is 0. The van der Waals surface area contributed by atoms with Gasteiger partial charge in [0.05, 0.1) is 10.6 Å². The number of nitrogens with zero attached hydrogens (tertiary/aromatic N) is 1. The summed E-state index contributed by atoms with van der Waals surface area (Å²) >= 11 is 11.3. The normalized spacial score (nSPS) is 15.8. The molecule has 3 N–H and O–H groups in total. The number of anilines is 1. The van der Waals surface area contributed by atoms with Gasteiger partial charge < -0.3 is 16.0 Å². The molecule has 0 spiro atoms. The van der Waals surface area contributed by atoms with E-state index < -0.39 is 0 Å². The number of amides is 1. The Bertz CT molecular complexity index is 542. The fourth-order valence-corrected chi connectivity index (χ4v) is 3.23. The predicted octanol–water partition coefficient (Wildman–Crippen LogP) is 2.33. The van der Waals surface area contributed by atoms with Crippen molar-refractivity contribution < 1.29 is 4.79 Å². The number of hydrogen-bond donors (Lipinski definition) is 2. The lowest BCUT2D eigenvalue weighted by atomic mass is 9.95. The fraction of sp³-hybridized carbons (Fsp3) is 0.467. The SMILES string of the molecule is CC(=O)NCC1CCN(c2cccc(Cl)c2C(N)=S)CC1. The average Bonchev–Trinajstić information content (AvgIpc) is 2.45. The molecular weight excluding hydrogens is 306 g/mol. The molecule has 0 aromatic heterocycles. The van der Waals surface area contributed by atoms with Crippen LogP contribution >= 0.6 is 23.8 Å². The van der Waals surface area contributed by atoms with Crippen molar-refractivity contribution in [3.05, 3.63) is 28.8 Å². The summed E-state index contributed by atoms with van der Waals surface area (Å²) in [5.74, 6) is 0.556. The van der Waals surface area contributed by atoms with Gasteiger partial charge in [0.25, 0.3) is 0 Å². The van der Waals surface area contributed by atoms with Crippen LogP contribution in [-0.4, -0.2) is 30.5 Å². The Morgan fingerprint density at radius 1 is 1.48 bits per heavy atom. The molecule has 1 fully saturated rings. The summed E-state index contributed by atoms with van der Waals surface area (Å²) in [6, 6.07) is 5.74. The number of halogens is 1. The molecule has 0 unspecified atom stereocenters. The zero-order chi connectivity index (χ0) is 15.4. The van der Waals surface area contributed by atoms with Gasteiger partial charge in [-0.3, -0.25) is 4.79 Å². The highest BCUT2D eigenvalue weighted by atomic mass is 35.5. The first-order valence-corrected chi connectivity index (χ1v) is 7.85. The van der Waals surface area contributed by atoms with E-state index in [1.165, 1.54) is 0 Å². The van der Waals surface area contributed by atoms with Gasteiger partial charge in [-0.05, 0) is 30.9 Å². The predicted molar refractivity (Wildman–Crippen MR) is 91.0 cm³/mol. The highest BCUT2D eigenvalue weighted by Gasteiger charge is 2.22. The number of rotatable bonds is 4. The zero-order valence-corrected chi connectivity index (χ0v) is 13.6. The Labute approximate surface area is 135 Å². The van der Waals surface area contributed by atoms with Crippen molar-refractivity contribution in [3.63, 3.8) is 0 Å². The molecule has 1 heterocycles. The summed E-state index contributed by atoms with van der Waals surface area (Å²) in [6.07, 6.45) is 2.06. The van der Waals surface area contributed by atoms with Crippen molar-refractivity contribution in [3.8, 4) is 0 Å². The van der Waals surface area contributed by atoms with E-state index in [-0.39, 0.29) is 5.91 Å². The van der Waals surface area contributed by atoms with Crippen LogP contribution in [0.5, 0.6) is 0 Å². The maximum Gasteiger partial charge on any atom is 0.216 e. The van der Waals surface area contributed by atoms with Crippen LogP contribution in [0.15, 0.2) is 18.2 Å². The summed E-state index contributed by atoms with van der Waals surface area (Å²) in [6.45, 7) is 4.14. The minimum Gasteiger partial charge on any atom is -0.389 e. The molecule has 0 aliphatic carbocycles. The lowest BCUT2D eigenvalue weighted by Gasteiger charge is -2.34. The third kappa shape index (κ3) is 4.08. The van der Waals surface area contributed by atoms with Crippen molar-refractivity contribution in [2.24, 2.45) is 11.7 Å². The third-order valence-corrected chi connectivity index (χ3v) is 4.35. The molecule has 6 heteroatoms. The number of nitrogens with one attached hydrogen (secondary N) is 1. The van der Waals surface area contributed by atoms with Crippen LogP contribution in [0.1, 0.15) is 25.3 Å². The summed E-state index contributed by atoms with van der Waals surface area (Å²) in [7, 11) is 0. The van der Waals surface area contributed by atoms with E-state index in [4.69, 9.17) is 29.6 Å². The van der Waals surface area contributed by atoms with E-state index in [2.05, 4.69) is 10.2 Å². The third-order valence-electron chi connectivity index (χ3n) is 3.83. The van der Waals surface area contributed by atoms with Gasteiger partial charge in [0, 0.05) is 32.2 Å². The minimum absolute atomic E-state index is 0.0306. The van der Waals surface area contributed by atoms with Gasteiger partial charge >= 0.3 is 0 Å². The maximum absolute atomic E-state index is 11.0. The van der Waals surface area contributed by atoms with E-state index in [0.29, 0.717) is 15.9 Å². The molecule has 1 amide bonds. The highest BCUT2D eigenvalue weighted by molar-refractivity contribution is 7.80. The van der Waals surface area contributed by atoms with Crippen molar-refractivity contribution in [1.82, 2.24) is 5.32 Å². The molecule has 0 radical (unpaired) electrons. The maximum atomic E-state index is 11.0. The second-order valence-corrected chi connectivity index (χ2v) is 6.21. The molecule has 0 atom stereocenters. The van der Waals surface area contributed by atoms with E-state index in [1.807, 2.05) is 18.2 Å². The summed E-state index contributed by atoms with van der Waals surface area (Å²) in [4.78, 5) is 13.6. The Balaban J connectivity index is 2.04. The van der Waals surface area contributed by atoms with Crippen LogP contribution in [0.4, 0.5) is 5.69 Å². The number of carbonyl (C=O) groups is 1. The zero-order valence-electron chi connectivity index (χ0n) is 12.1. The second-order valence-electron chi connectivity index (χ2n) is 5.37. The van der Waals surface area contributed by atoms with Crippen molar-refractivity contribution in [1.29, 1.82) is 0 Å². The number of thiocarbonyl (C=S) groups is 1. The van der Waals surface area contributed by atoms with Crippen LogP contribution in [0.25, 0.3) is 0 Å². The number of hydrogen-bond acceptors (Lipinski definition) is 3. The molecule has 2 rings (SSSR count). The summed E-state index contributed by atoms with van der Waals surface area (Å²) in [5, 5.41) is 3.49. The van der Waals surface area contributed by atoms with E-state index >= 15 is 0 Å². The lowest BCUT2D eigenvalue weighted by molar-refractivity contribution is -0.119. The van der Waals surface area contributed by atoms with Crippen LogP contribution < -0.4 is 16.0 Å². The molecule has 4 nitrogen and oxygen atoms in total. The fourth-order valence-electron chi connectivity index (χ4n) is 2.69. The molecule has 114 valence electrons. The molecular formula is C15H20ClN3OS. The van der Waals surface area contributed by atoms with Crippen molar-refractivity contribution >= 4 is 40.4 Å². The first-order chi connectivity index (χ1) is 9.99. The second kappa shape index (κ2) is 7.09. The molecule has 21 heavy (non-hydrogen) atoms. The van der Waals surface area contributed by atoms with Crippen LogP contribution in [-0.2, 0) is 4.79 Å². The molecule has 1 saturated heterocycles.